The van der Waals surface area contributed by atoms with Crippen molar-refractivity contribution in [1.29, 1.82) is 0 Å². The standard InChI is InChI=1S/C21H44/c1-7-11-14-20(13-9-3)17-16-19(6)21(15-12-8-2)18(5)10-4/h18-21H,7-17H2,1-6H3. The van der Waals surface area contributed by atoms with Crippen LogP contribution in [-0.4, -0.2) is 0 Å². The Labute approximate surface area is 136 Å². The minimum atomic E-state index is 0.909. The molecule has 0 aromatic heterocycles. The summed E-state index contributed by atoms with van der Waals surface area (Å²) in [5.74, 6) is 3.80. The van der Waals surface area contributed by atoms with Crippen LogP contribution < -0.4 is 0 Å². The monoisotopic (exact) mass is 296 g/mol. The first kappa shape index (κ1) is 21.0. The molecule has 0 spiro atoms. The average molecular weight is 297 g/mol. The highest BCUT2D eigenvalue weighted by Gasteiger charge is 2.22. The van der Waals surface area contributed by atoms with Crippen molar-refractivity contribution in [2.75, 3.05) is 0 Å². The van der Waals surface area contributed by atoms with Crippen molar-refractivity contribution in [3.63, 3.8) is 0 Å². The van der Waals surface area contributed by atoms with Gasteiger partial charge in [-0.3, -0.25) is 0 Å². The summed E-state index contributed by atoms with van der Waals surface area (Å²) < 4.78 is 0. The van der Waals surface area contributed by atoms with E-state index in [0.29, 0.717) is 0 Å². The van der Waals surface area contributed by atoms with Gasteiger partial charge in [0.25, 0.3) is 0 Å². The maximum Gasteiger partial charge on any atom is -0.0363 e. The van der Waals surface area contributed by atoms with E-state index in [4.69, 9.17) is 0 Å². The highest BCUT2D eigenvalue weighted by Crippen LogP contribution is 2.33. The second-order valence-electron chi connectivity index (χ2n) is 7.54. The van der Waals surface area contributed by atoms with E-state index in [1.165, 1.54) is 70.6 Å². The van der Waals surface area contributed by atoms with Gasteiger partial charge in [-0.05, 0) is 30.1 Å². The SMILES string of the molecule is CCCCC(CCC)CCC(C)C(CCCC)C(C)CC. The van der Waals surface area contributed by atoms with Crippen LogP contribution in [0.2, 0.25) is 0 Å². The Balaban J connectivity index is 4.32. The molecule has 0 heterocycles. The van der Waals surface area contributed by atoms with Gasteiger partial charge in [0.05, 0.1) is 0 Å². The lowest BCUT2D eigenvalue weighted by Gasteiger charge is -2.30. The van der Waals surface area contributed by atoms with E-state index in [2.05, 4.69) is 41.5 Å². The lowest BCUT2D eigenvalue weighted by Crippen LogP contribution is -2.20. The van der Waals surface area contributed by atoms with Gasteiger partial charge < -0.3 is 0 Å². The first-order valence-corrected chi connectivity index (χ1v) is 10.1. The van der Waals surface area contributed by atoms with Crippen LogP contribution in [0.15, 0.2) is 0 Å². The number of hydrogen-bond acceptors (Lipinski definition) is 0. The zero-order valence-electron chi connectivity index (χ0n) is 16.1. The minimum absolute atomic E-state index is 0.909. The summed E-state index contributed by atoms with van der Waals surface area (Å²) in [6, 6.07) is 0. The molecule has 0 saturated heterocycles. The molecule has 0 aliphatic heterocycles. The molecule has 128 valence electrons. The third kappa shape index (κ3) is 9.59. The van der Waals surface area contributed by atoms with Crippen molar-refractivity contribution in [2.24, 2.45) is 23.7 Å². The van der Waals surface area contributed by atoms with Crippen LogP contribution in [-0.2, 0) is 0 Å². The Morgan fingerprint density at radius 3 is 1.71 bits per heavy atom. The lowest BCUT2D eigenvalue weighted by molar-refractivity contribution is 0.203. The van der Waals surface area contributed by atoms with Crippen molar-refractivity contribution in [3.05, 3.63) is 0 Å². The topological polar surface area (TPSA) is 0 Å². The largest absolute Gasteiger partial charge is 0.0654 e. The predicted octanol–water partition coefficient (Wildman–Crippen LogP) is 7.86. The molecule has 21 heavy (non-hydrogen) atoms. The van der Waals surface area contributed by atoms with E-state index in [1.807, 2.05) is 0 Å². The van der Waals surface area contributed by atoms with Crippen molar-refractivity contribution in [2.45, 2.75) is 112 Å². The van der Waals surface area contributed by atoms with Crippen LogP contribution in [0.5, 0.6) is 0 Å². The molecule has 0 bridgehead atoms. The third-order valence-corrected chi connectivity index (χ3v) is 5.69. The van der Waals surface area contributed by atoms with Gasteiger partial charge in [0.2, 0.25) is 0 Å². The van der Waals surface area contributed by atoms with Gasteiger partial charge in [-0.15, -0.1) is 0 Å². The molecule has 0 aromatic rings. The molecule has 0 amide bonds. The quantitative estimate of drug-likeness (QED) is 0.306. The molecular formula is C21H44. The second kappa shape index (κ2) is 13.6. The molecule has 0 saturated carbocycles. The normalized spacial score (nSPS) is 17.4. The molecule has 0 radical (unpaired) electrons. The highest BCUT2D eigenvalue weighted by atomic mass is 14.3. The zero-order valence-corrected chi connectivity index (χ0v) is 16.1. The summed E-state index contributed by atoms with van der Waals surface area (Å²) >= 11 is 0. The molecule has 4 atom stereocenters. The van der Waals surface area contributed by atoms with Gasteiger partial charge >= 0.3 is 0 Å². The second-order valence-corrected chi connectivity index (χ2v) is 7.54. The number of rotatable bonds is 14. The highest BCUT2D eigenvalue weighted by molar-refractivity contribution is 4.73. The molecule has 0 heteroatoms. The van der Waals surface area contributed by atoms with E-state index in [9.17, 15) is 0 Å². The van der Waals surface area contributed by atoms with Crippen molar-refractivity contribution < 1.29 is 0 Å². The van der Waals surface area contributed by atoms with Crippen LogP contribution >= 0.6 is 0 Å². The first-order chi connectivity index (χ1) is 10.1. The summed E-state index contributed by atoms with van der Waals surface area (Å²) in [6.45, 7) is 14.4. The van der Waals surface area contributed by atoms with Gasteiger partial charge in [-0.2, -0.15) is 0 Å². The smallest absolute Gasteiger partial charge is 0.0363 e. The average Bonchev–Trinajstić information content (AvgIpc) is 2.49. The number of hydrogen-bond donors (Lipinski definition) is 0. The Kier molecular flexibility index (Phi) is 13.6. The predicted molar refractivity (Wildman–Crippen MR) is 98.8 cm³/mol. The zero-order chi connectivity index (χ0) is 16.1. The van der Waals surface area contributed by atoms with E-state index >= 15 is 0 Å². The van der Waals surface area contributed by atoms with Gasteiger partial charge in [0, 0.05) is 0 Å². The maximum atomic E-state index is 2.54. The van der Waals surface area contributed by atoms with Gasteiger partial charge in [0.15, 0.2) is 0 Å². The van der Waals surface area contributed by atoms with Crippen molar-refractivity contribution in [1.82, 2.24) is 0 Å². The summed E-state index contributed by atoms with van der Waals surface area (Å²) in [6.07, 6.45) is 15.6. The molecular weight excluding hydrogens is 252 g/mol. The molecule has 0 rings (SSSR count). The molecule has 0 nitrogen and oxygen atoms in total. The maximum absolute atomic E-state index is 2.54. The van der Waals surface area contributed by atoms with Crippen molar-refractivity contribution >= 4 is 0 Å². The Morgan fingerprint density at radius 1 is 0.571 bits per heavy atom. The van der Waals surface area contributed by atoms with Crippen LogP contribution in [0.4, 0.5) is 0 Å². The van der Waals surface area contributed by atoms with Crippen LogP contribution in [0, 0.1) is 23.7 Å². The lowest BCUT2D eigenvalue weighted by atomic mass is 9.75. The van der Waals surface area contributed by atoms with Gasteiger partial charge in [-0.25, -0.2) is 0 Å². The van der Waals surface area contributed by atoms with Crippen LogP contribution in [0.1, 0.15) is 112 Å². The third-order valence-electron chi connectivity index (χ3n) is 5.69. The summed E-state index contributed by atoms with van der Waals surface area (Å²) in [5, 5.41) is 0. The van der Waals surface area contributed by atoms with E-state index in [0.717, 1.165) is 23.7 Å². The van der Waals surface area contributed by atoms with Gasteiger partial charge in [-0.1, -0.05) is 106 Å². The Morgan fingerprint density at radius 2 is 1.19 bits per heavy atom. The van der Waals surface area contributed by atoms with Crippen LogP contribution in [0.3, 0.4) is 0 Å². The van der Waals surface area contributed by atoms with Crippen LogP contribution in [0.25, 0.3) is 0 Å². The fraction of sp³-hybridized carbons (Fsp3) is 1.00. The summed E-state index contributed by atoms with van der Waals surface area (Å²) in [4.78, 5) is 0. The molecule has 0 N–H and O–H groups in total. The molecule has 0 aliphatic carbocycles. The van der Waals surface area contributed by atoms with E-state index < -0.39 is 0 Å². The fourth-order valence-electron chi connectivity index (χ4n) is 3.92. The van der Waals surface area contributed by atoms with E-state index in [-0.39, 0.29) is 0 Å². The van der Waals surface area contributed by atoms with Crippen molar-refractivity contribution in [3.8, 4) is 0 Å². The summed E-state index contributed by atoms with van der Waals surface area (Å²) in [7, 11) is 0. The first-order valence-electron chi connectivity index (χ1n) is 10.1. The fourth-order valence-corrected chi connectivity index (χ4v) is 3.92. The molecule has 0 aliphatic rings. The summed E-state index contributed by atoms with van der Waals surface area (Å²) in [5.41, 5.74) is 0. The molecule has 4 unspecified atom stereocenters. The Bertz CT molecular complexity index is 208. The van der Waals surface area contributed by atoms with E-state index in [1.54, 1.807) is 0 Å². The Hall–Kier alpha value is 0. The molecule has 0 aromatic carbocycles. The minimum Gasteiger partial charge on any atom is -0.0654 e. The van der Waals surface area contributed by atoms with Gasteiger partial charge in [0.1, 0.15) is 0 Å². The number of unbranched alkanes of at least 4 members (excludes halogenated alkanes) is 2. The molecule has 0 fully saturated rings.